The smallest absolute Gasteiger partial charge is 0.253 e. The lowest BCUT2D eigenvalue weighted by Crippen LogP contribution is -2.41. The topological polar surface area (TPSA) is 52.6 Å². The number of amides is 1. The minimum atomic E-state index is -1.10. The van der Waals surface area contributed by atoms with Crippen molar-refractivity contribution in [2.45, 2.75) is 31.5 Å². The number of nitrogens with zero attached hydrogens (tertiary/aromatic N) is 1. The van der Waals surface area contributed by atoms with Crippen LogP contribution in [0.5, 0.6) is 0 Å². The van der Waals surface area contributed by atoms with E-state index in [1.165, 1.54) is 5.56 Å². The molecule has 1 aliphatic rings. The Bertz CT molecular complexity index is 645. The summed E-state index contributed by atoms with van der Waals surface area (Å²) in [6, 6.07) is 19.8. The second-order valence-electron chi connectivity index (χ2n) is 6.31. The number of carbonyl (C=O) groups excluding carboxylic acids is 1. The molecule has 0 saturated carbocycles. The Labute approximate surface area is 143 Å². The maximum Gasteiger partial charge on any atom is 0.253 e. The summed E-state index contributed by atoms with van der Waals surface area (Å²) in [6.45, 7) is 2.54. The molecular weight excluding hydrogens is 300 g/mol. The van der Waals surface area contributed by atoms with Crippen LogP contribution in [0, 0.1) is 0 Å². The Morgan fingerprint density at radius 1 is 1.12 bits per heavy atom. The van der Waals surface area contributed by atoms with Gasteiger partial charge in [0.25, 0.3) is 5.91 Å². The second kappa shape index (κ2) is 8.08. The molecule has 4 heteroatoms. The molecule has 1 fully saturated rings. The molecule has 0 spiro atoms. The van der Waals surface area contributed by atoms with E-state index in [0.29, 0.717) is 18.2 Å². The van der Waals surface area contributed by atoms with Crippen LogP contribution in [-0.2, 0) is 11.3 Å². The van der Waals surface area contributed by atoms with E-state index in [0.717, 1.165) is 25.9 Å². The third kappa shape index (κ3) is 4.22. The summed E-state index contributed by atoms with van der Waals surface area (Å²) in [5.74, 6) is -0.326. The van der Waals surface area contributed by atoms with Crippen molar-refractivity contribution in [2.24, 2.45) is 0 Å². The number of hydrogen-bond acceptors (Lipinski definition) is 3. The Morgan fingerprint density at radius 3 is 2.50 bits per heavy atom. The van der Waals surface area contributed by atoms with Crippen LogP contribution in [0.1, 0.15) is 30.1 Å². The quantitative estimate of drug-likeness (QED) is 0.858. The van der Waals surface area contributed by atoms with Gasteiger partial charge in [0.05, 0.1) is 0 Å². The van der Waals surface area contributed by atoms with E-state index in [4.69, 9.17) is 0 Å². The van der Waals surface area contributed by atoms with Gasteiger partial charge < -0.3 is 10.4 Å². The fourth-order valence-corrected chi connectivity index (χ4v) is 3.25. The van der Waals surface area contributed by atoms with Gasteiger partial charge in [0.1, 0.15) is 0 Å². The Hall–Kier alpha value is -2.17. The van der Waals surface area contributed by atoms with Crippen molar-refractivity contribution >= 4 is 5.91 Å². The molecule has 2 atom stereocenters. The highest BCUT2D eigenvalue weighted by molar-refractivity contribution is 5.81. The van der Waals surface area contributed by atoms with Crippen molar-refractivity contribution in [3.8, 4) is 0 Å². The van der Waals surface area contributed by atoms with Gasteiger partial charge in [-0.2, -0.15) is 0 Å². The molecule has 2 unspecified atom stereocenters. The highest BCUT2D eigenvalue weighted by atomic mass is 16.3. The van der Waals surface area contributed by atoms with Crippen molar-refractivity contribution < 1.29 is 9.90 Å². The van der Waals surface area contributed by atoms with Crippen LogP contribution in [0.4, 0.5) is 0 Å². The van der Waals surface area contributed by atoms with Gasteiger partial charge in [0, 0.05) is 19.1 Å². The molecule has 0 aromatic heterocycles. The lowest BCUT2D eigenvalue weighted by molar-refractivity contribution is -0.129. The number of aliphatic hydroxyl groups excluding tert-OH is 1. The Kier molecular flexibility index (Phi) is 5.62. The van der Waals surface area contributed by atoms with Crippen LogP contribution in [-0.4, -0.2) is 35.0 Å². The molecule has 1 amide bonds. The molecule has 0 aliphatic carbocycles. The zero-order valence-electron chi connectivity index (χ0n) is 13.8. The van der Waals surface area contributed by atoms with Crippen LogP contribution < -0.4 is 5.32 Å². The number of likely N-dealkylation sites (tertiary alicyclic amines) is 1. The molecule has 24 heavy (non-hydrogen) atoms. The van der Waals surface area contributed by atoms with Gasteiger partial charge in [-0.1, -0.05) is 60.7 Å². The maximum atomic E-state index is 12.2. The van der Waals surface area contributed by atoms with Gasteiger partial charge in [0.2, 0.25) is 0 Å². The van der Waals surface area contributed by atoms with Crippen LogP contribution >= 0.6 is 0 Å². The summed E-state index contributed by atoms with van der Waals surface area (Å²) in [5.41, 5.74) is 1.92. The molecule has 0 radical (unpaired) electrons. The molecule has 1 saturated heterocycles. The number of aliphatic hydroxyl groups is 1. The van der Waals surface area contributed by atoms with Gasteiger partial charge in [0.15, 0.2) is 6.10 Å². The van der Waals surface area contributed by atoms with Crippen molar-refractivity contribution in [1.82, 2.24) is 10.2 Å². The lowest BCUT2D eigenvalue weighted by atomic mass is 10.1. The summed E-state index contributed by atoms with van der Waals surface area (Å²) in [6.07, 6.45) is 1.12. The minimum Gasteiger partial charge on any atom is -0.378 e. The predicted octanol–water partition coefficient (Wildman–Crippen LogP) is 2.50. The predicted molar refractivity (Wildman–Crippen MR) is 94.3 cm³/mol. The average molecular weight is 324 g/mol. The van der Waals surface area contributed by atoms with E-state index < -0.39 is 6.10 Å². The highest BCUT2D eigenvalue weighted by Crippen LogP contribution is 2.20. The van der Waals surface area contributed by atoms with Crippen LogP contribution in [0.25, 0.3) is 0 Å². The van der Waals surface area contributed by atoms with Crippen molar-refractivity contribution in [2.75, 3.05) is 13.1 Å². The number of rotatable bonds is 6. The number of nitrogens with one attached hydrogen (secondary N) is 1. The monoisotopic (exact) mass is 324 g/mol. The van der Waals surface area contributed by atoms with Crippen LogP contribution in [0.3, 0.4) is 0 Å². The van der Waals surface area contributed by atoms with Crippen LogP contribution in [0.15, 0.2) is 60.7 Å². The number of hydrogen-bond donors (Lipinski definition) is 2. The van der Waals surface area contributed by atoms with E-state index in [9.17, 15) is 9.90 Å². The van der Waals surface area contributed by atoms with E-state index in [-0.39, 0.29) is 5.91 Å². The minimum absolute atomic E-state index is 0.326. The average Bonchev–Trinajstić information content (AvgIpc) is 3.07. The summed E-state index contributed by atoms with van der Waals surface area (Å²) >= 11 is 0. The Balaban J connectivity index is 1.52. The number of carbonyl (C=O) groups is 1. The molecule has 2 N–H and O–H groups in total. The van der Waals surface area contributed by atoms with E-state index in [2.05, 4.69) is 34.5 Å². The SMILES string of the molecule is O=C(NCC1CCCN1Cc1ccccc1)C(O)c1ccccc1. The van der Waals surface area contributed by atoms with Gasteiger partial charge in [-0.3, -0.25) is 9.69 Å². The second-order valence-corrected chi connectivity index (χ2v) is 6.31. The van der Waals surface area contributed by atoms with Crippen molar-refractivity contribution in [3.05, 3.63) is 71.8 Å². The molecule has 2 aromatic carbocycles. The first-order valence-electron chi connectivity index (χ1n) is 8.53. The van der Waals surface area contributed by atoms with E-state index in [1.54, 1.807) is 12.1 Å². The number of benzene rings is 2. The van der Waals surface area contributed by atoms with E-state index in [1.807, 2.05) is 24.3 Å². The first kappa shape index (κ1) is 16.7. The standard InChI is InChI=1S/C20H24N2O2/c23-19(17-10-5-2-6-11-17)20(24)21-14-18-12-7-13-22(18)15-16-8-3-1-4-9-16/h1-6,8-11,18-19,23H,7,12-15H2,(H,21,24). The Morgan fingerprint density at radius 2 is 1.79 bits per heavy atom. The third-order valence-corrected chi connectivity index (χ3v) is 4.60. The molecule has 0 bridgehead atoms. The van der Waals surface area contributed by atoms with Gasteiger partial charge in [-0.15, -0.1) is 0 Å². The fraction of sp³-hybridized carbons (Fsp3) is 0.350. The highest BCUT2D eigenvalue weighted by Gasteiger charge is 2.26. The third-order valence-electron chi connectivity index (χ3n) is 4.60. The zero-order chi connectivity index (χ0) is 16.8. The van der Waals surface area contributed by atoms with Crippen molar-refractivity contribution in [1.29, 1.82) is 0 Å². The van der Waals surface area contributed by atoms with Gasteiger partial charge >= 0.3 is 0 Å². The van der Waals surface area contributed by atoms with Gasteiger partial charge in [-0.25, -0.2) is 0 Å². The fourth-order valence-electron chi connectivity index (χ4n) is 3.25. The van der Waals surface area contributed by atoms with E-state index >= 15 is 0 Å². The molecule has 1 aliphatic heterocycles. The molecule has 3 rings (SSSR count). The summed E-state index contributed by atoms with van der Waals surface area (Å²) in [7, 11) is 0. The van der Waals surface area contributed by atoms with Crippen LogP contribution in [0.2, 0.25) is 0 Å². The summed E-state index contributed by atoms with van der Waals surface area (Å²) in [5, 5.41) is 13.0. The first-order chi connectivity index (χ1) is 11.7. The summed E-state index contributed by atoms with van der Waals surface area (Å²) in [4.78, 5) is 14.6. The molecule has 126 valence electrons. The molecular formula is C20H24N2O2. The lowest BCUT2D eigenvalue weighted by Gasteiger charge is -2.25. The van der Waals surface area contributed by atoms with Crippen molar-refractivity contribution in [3.63, 3.8) is 0 Å². The largest absolute Gasteiger partial charge is 0.378 e. The zero-order valence-corrected chi connectivity index (χ0v) is 13.8. The first-order valence-corrected chi connectivity index (χ1v) is 8.53. The molecule has 2 aromatic rings. The molecule has 1 heterocycles. The summed E-state index contributed by atoms with van der Waals surface area (Å²) < 4.78 is 0. The maximum absolute atomic E-state index is 12.2. The molecule has 4 nitrogen and oxygen atoms in total. The normalized spacial score (nSPS) is 19.1. The van der Waals surface area contributed by atoms with Gasteiger partial charge in [-0.05, 0) is 30.5 Å².